The Bertz CT molecular complexity index is 593. The molecule has 0 radical (unpaired) electrons. The van der Waals surface area contributed by atoms with Crippen LogP contribution >= 0.6 is 15.9 Å². The standard InChI is InChI=1S/C16H21BrN2O4/c1-16(2,3)23-15(22)19-9-13(20)14(21)12-6-10(8-18)4-5-11(12)7-17/h4-6,13-14,20-21H,7,9H2,1-3H3,(H,19,22). The summed E-state index contributed by atoms with van der Waals surface area (Å²) in [5, 5.41) is 32.2. The molecular formula is C16H21BrN2O4. The Kier molecular flexibility index (Phi) is 7.01. The van der Waals surface area contributed by atoms with Crippen molar-refractivity contribution in [1.29, 1.82) is 5.26 Å². The average molecular weight is 385 g/mol. The molecule has 0 spiro atoms. The molecule has 2 unspecified atom stereocenters. The van der Waals surface area contributed by atoms with Crippen molar-refractivity contribution in [1.82, 2.24) is 5.32 Å². The number of aliphatic hydroxyl groups is 2. The number of aliphatic hydroxyl groups excluding tert-OH is 2. The second-order valence-electron chi connectivity index (χ2n) is 6.05. The van der Waals surface area contributed by atoms with E-state index in [0.29, 0.717) is 16.5 Å². The number of rotatable bonds is 5. The Morgan fingerprint density at radius 2 is 2.09 bits per heavy atom. The molecule has 0 saturated carbocycles. The van der Waals surface area contributed by atoms with Gasteiger partial charge in [0, 0.05) is 11.9 Å². The van der Waals surface area contributed by atoms with Crippen molar-refractivity contribution in [3.63, 3.8) is 0 Å². The molecule has 1 rings (SSSR count). The summed E-state index contributed by atoms with van der Waals surface area (Å²) in [5.41, 5.74) is 0.945. The zero-order valence-corrected chi connectivity index (χ0v) is 14.9. The zero-order valence-electron chi connectivity index (χ0n) is 13.3. The maximum absolute atomic E-state index is 11.6. The van der Waals surface area contributed by atoms with Crippen LogP contribution in [-0.4, -0.2) is 34.6 Å². The van der Waals surface area contributed by atoms with Crippen LogP contribution in [0.4, 0.5) is 4.79 Å². The van der Waals surface area contributed by atoms with E-state index >= 15 is 0 Å². The summed E-state index contributed by atoms with van der Waals surface area (Å²) >= 11 is 3.30. The number of alkyl carbamates (subject to hydrolysis) is 1. The molecule has 0 aliphatic rings. The van der Waals surface area contributed by atoms with E-state index in [-0.39, 0.29) is 6.54 Å². The fourth-order valence-corrected chi connectivity index (χ4v) is 2.39. The number of benzene rings is 1. The summed E-state index contributed by atoms with van der Waals surface area (Å²) in [6.45, 7) is 5.02. The second-order valence-corrected chi connectivity index (χ2v) is 6.61. The van der Waals surface area contributed by atoms with Crippen LogP contribution in [0.3, 0.4) is 0 Å². The van der Waals surface area contributed by atoms with E-state index in [1.54, 1.807) is 32.9 Å². The number of amides is 1. The number of carbonyl (C=O) groups is 1. The highest BCUT2D eigenvalue weighted by molar-refractivity contribution is 9.08. The highest BCUT2D eigenvalue weighted by Crippen LogP contribution is 2.24. The van der Waals surface area contributed by atoms with Crippen molar-refractivity contribution in [2.45, 2.75) is 43.9 Å². The van der Waals surface area contributed by atoms with Gasteiger partial charge in [0.25, 0.3) is 0 Å². The number of carbonyl (C=O) groups excluding carboxylic acids is 1. The smallest absolute Gasteiger partial charge is 0.407 e. The van der Waals surface area contributed by atoms with Gasteiger partial charge in [-0.2, -0.15) is 5.26 Å². The van der Waals surface area contributed by atoms with Crippen molar-refractivity contribution in [3.05, 3.63) is 34.9 Å². The average Bonchev–Trinajstić information content (AvgIpc) is 2.49. The van der Waals surface area contributed by atoms with E-state index in [1.807, 2.05) is 6.07 Å². The molecule has 126 valence electrons. The van der Waals surface area contributed by atoms with Crippen LogP contribution in [0.15, 0.2) is 18.2 Å². The van der Waals surface area contributed by atoms with Gasteiger partial charge in [-0.1, -0.05) is 22.0 Å². The van der Waals surface area contributed by atoms with Crippen LogP contribution in [0, 0.1) is 11.3 Å². The summed E-state index contributed by atoms with van der Waals surface area (Å²) in [7, 11) is 0. The zero-order chi connectivity index (χ0) is 17.6. The lowest BCUT2D eigenvalue weighted by atomic mass is 9.97. The highest BCUT2D eigenvalue weighted by atomic mass is 79.9. The predicted octanol–water partition coefficient (Wildman–Crippen LogP) is 2.37. The van der Waals surface area contributed by atoms with Crippen LogP contribution in [0.1, 0.15) is 43.6 Å². The lowest BCUT2D eigenvalue weighted by molar-refractivity contribution is 0.0126. The third-order valence-electron chi connectivity index (χ3n) is 2.96. The molecule has 0 aliphatic carbocycles. The molecule has 2 atom stereocenters. The lowest BCUT2D eigenvalue weighted by Crippen LogP contribution is -2.39. The molecule has 3 N–H and O–H groups in total. The maximum Gasteiger partial charge on any atom is 0.407 e. The number of nitrogens with one attached hydrogen (secondary N) is 1. The van der Waals surface area contributed by atoms with E-state index in [2.05, 4.69) is 21.2 Å². The third kappa shape index (κ3) is 6.18. The van der Waals surface area contributed by atoms with Crippen molar-refractivity contribution < 1.29 is 19.7 Å². The summed E-state index contributed by atoms with van der Waals surface area (Å²) in [6, 6.07) is 6.86. The Hall–Kier alpha value is -1.62. The van der Waals surface area contributed by atoms with Gasteiger partial charge in [0.2, 0.25) is 0 Å². The Labute approximate surface area is 144 Å². The topological polar surface area (TPSA) is 103 Å². The molecule has 0 fully saturated rings. The van der Waals surface area contributed by atoms with Gasteiger partial charge in [0.05, 0.1) is 11.6 Å². The molecule has 6 nitrogen and oxygen atoms in total. The first kappa shape index (κ1) is 19.4. The molecule has 0 bridgehead atoms. The molecule has 0 aromatic heterocycles. The van der Waals surface area contributed by atoms with E-state index in [9.17, 15) is 15.0 Å². The van der Waals surface area contributed by atoms with Crippen LogP contribution in [0.5, 0.6) is 0 Å². The third-order valence-corrected chi connectivity index (χ3v) is 3.56. The SMILES string of the molecule is CC(C)(C)OC(=O)NCC(O)C(O)c1cc(C#N)ccc1CBr. The molecule has 1 aromatic carbocycles. The number of ether oxygens (including phenoxy) is 1. The Morgan fingerprint density at radius 3 is 2.61 bits per heavy atom. The van der Waals surface area contributed by atoms with Gasteiger partial charge in [0.15, 0.2) is 0 Å². The molecule has 23 heavy (non-hydrogen) atoms. The van der Waals surface area contributed by atoms with Crippen LogP contribution in [0.25, 0.3) is 0 Å². The summed E-state index contributed by atoms with van der Waals surface area (Å²) < 4.78 is 5.06. The highest BCUT2D eigenvalue weighted by Gasteiger charge is 2.23. The minimum absolute atomic E-state index is 0.172. The Morgan fingerprint density at radius 1 is 1.43 bits per heavy atom. The van der Waals surface area contributed by atoms with Crippen LogP contribution < -0.4 is 5.32 Å². The maximum atomic E-state index is 11.6. The number of alkyl halides is 1. The van der Waals surface area contributed by atoms with Crippen LogP contribution in [0.2, 0.25) is 0 Å². The molecule has 0 saturated heterocycles. The normalized spacial score (nSPS) is 13.8. The molecule has 7 heteroatoms. The first-order valence-electron chi connectivity index (χ1n) is 7.10. The largest absolute Gasteiger partial charge is 0.444 e. The van der Waals surface area contributed by atoms with Gasteiger partial charge in [-0.15, -0.1) is 0 Å². The van der Waals surface area contributed by atoms with E-state index < -0.39 is 23.9 Å². The van der Waals surface area contributed by atoms with Crippen molar-refractivity contribution in [2.24, 2.45) is 0 Å². The first-order chi connectivity index (χ1) is 10.7. The monoisotopic (exact) mass is 384 g/mol. The molecule has 1 amide bonds. The number of nitriles is 1. The Balaban J connectivity index is 2.75. The molecule has 0 aliphatic heterocycles. The lowest BCUT2D eigenvalue weighted by Gasteiger charge is -2.23. The number of nitrogens with zero attached hydrogens (tertiary/aromatic N) is 1. The summed E-state index contributed by atoms with van der Waals surface area (Å²) in [5.74, 6) is 0. The fraction of sp³-hybridized carbons (Fsp3) is 0.500. The van der Waals surface area contributed by atoms with E-state index in [0.717, 1.165) is 5.56 Å². The van der Waals surface area contributed by atoms with Crippen molar-refractivity contribution >= 4 is 22.0 Å². The van der Waals surface area contributed by atoms with Gasteiger partial charge in [-0.25, -0.2) is 4.79 Å². The van der Waals surface area contributed by atoms with Gasteiger partial charge in [-0.05, 0) is 44.0 Å². The minimum Gasteiger partial charge on any atom is -0.444 e. The number of hydrogen-bond donors (Lipinski definition) is 3. The summed E-state index contributed by atoms with van der Waals surface area (Å²) in [6.07, 6.45) is -3.13. The second kappa shape index (κ2) is 8.29. The molecule has 1 aromatic rings. The van der Waals surface area contributed by atoms with Crippen molar-refractivity contribution in [2.75, 3.05) is 6.54 Å². The van der Waals surface area contributed by atoms with Gasteiger partial charge < -0.3 is 20.3 Å². The minimum atomic E-state index is -1.23. The fourth-order valence-electron chi connectivity index (χ4n) is 1.88. The van der Waals surface area contributed by atoms with Crippen molar-refractivity contribution in [3.8, 4) is 6.07 Å². The first-order valence-corrected chi connectivity index (χ1v) is 8.22. The van der Waals surface area contributed by atoms with Gasteiger partial charge >= 0.3 is 6.09 Å². The number of hydrogen-bond acceptors (Lipinski definition) is 5. The molecular weight excluding hydrogens is 364 g/mol. The quantitative estimate of drug-likeness (QED) is 0.676. The number of halogens is 1. The predicted molar refractivity (Wildman–Crippen MR) is 89.0 cm³/mol. The van der Waals surface area contributed by atoms with Gasteiger partial charge in [0.1, 0.15) is 17.8 Å². The molecule has 0 heterocycles. The van der Waals surface area contributed by atoms with Gasteiger partial charge in [-0.3, -0.25) is 0 Å². The van der Waals surface area contributed by atoms with Crippen LogP contribution in [-0.2, 0) is 10.1 Å². The van der Waals surface area contributed by atoms with E-state index in [4.69, 9.17) is 10.00 Å². The summed E-state index contributed by atoms with van der Waals surface area (Å²) in [4.78, 5) is 11.6. The van der Waals surface area contributed by atoms with E-state index in [1.165, 1.54) is 6.07 Å².